The lowest BCUT2D eigenvalue weighted by atomic mass is 10.1. The minimum atomic E-state index is 0.173. The second-order valence-corrected chi connectivity index (χ2v) is 5.65. The number of phenols is 1. The molecule has 0 amide bonds. The number of rotatable bonds is 4. The van der Waals surface area contributed by atoms with Crippen LogP contribution in [0.3, 0.4) is 0 Å². The molecule has 19 heavy (non-hydrogen) atoms. The van der Waals surface area contributed by atoms with E-state index in [1.165, 1.54) is 19.3 Å². The molecule has 0 aliphatic carbocycles. The molecule has 0 radical (unpaired) electrons. The highest BCUT2D eigenvalue weighted by molar-refractivity contribution is 5.56. The molecule has 0 aromatic heterocycles. The number of hydrogen-bond donors (Lipinski definition) is 2. The monoisotopic (exact) mass is 262 g/mol. The summed E-state index contributed by atoms with van der Waals surface area (Å²) in [5.41, 5.74) is 2.12. The molecule has 2 rings (SSSR count). The summed E-state index contributed by atoms with van der Waals surface area (Å²) in [5.74, 6) is 0.397. The normalized spacial score (nSPS) is 24.7. The standard InChI is InChI=1S/C16H26N2O/c1-5-13-7-6-11(2)18(13)14-8-9-15(12(3)17-4)16(19)10-14/h8-13,17,19H,5-7H2,1-4H3. The summed E-state index contributed by atoms with van der Waals surface area (Å²) in [6.45, 7) is 6.58. The molecule has 1 aromatic rings. The molecule has 1 heterocycles. The number of benzene rings is 1. The fourth-order valence-electron chi connectivity index (χ4n) is 3.15. The Kier molecular flexibility index (Phi) is 4.35. The number of anilines is 1. The van der Waals surface area contributed by atoms with E-state index in [0.717, 1.165) is 11.3 Å². The van der Waals surface area contributed by atoms with Crippen molar-refractivity contribution in [3.8, 4) is 5.75 Å². The first-order valence-corrected chi connectivity index (χ1v) is 7.37. The third-order valence-corrected chi connectivity index (χ3v) is 4.47. The van der Waals surface area contributed by atoms with Crippen LogP contribution in [-0.4, -0.2) is 24.2 Å². The van der Waals surface area contributed by atoms with Crippen LogP contribution in [0.25, 0.3) is 0 Å². The van der Waals surface area contributed by atoms with E-state index in [-0.39, 0.29) is 6.04 Å². The average molecular weight is 262 g/mol. The van der Waals surface area contributed by atoms with Gasteiger partial charge in [0.1, 0.15) is 5.75 Å². The van der Waals surface area contributed by atoms with Gasteiger partial charge in [0.25, 0.3) is 0 Å². The molecule has 1 aliphatic rings. The molecule has 0 spiro atoms. The molecule has 3 nitrogen and oxygen atoms in total. The first kappa shape index (κ1) is 14.2. The molecule has 3 heteroatoms. The van der Waals surface area contributed by atoms with Gasteiger partial charge >= 0.3 is 0 Å². The second-order valence-electron chi connectivity index (χ2n) is 5.65. The van der Waals surface area contributed by atoms with Crippen molar-refractivity contribution in [2.24, 2.45) is 0 Å². The van der Waals surface area contributed by atoms with Crippen molar-refractivity contribution >= 4 is 5.69 Å². The number of hydrogen-bond acceptors (Lipinski definition) is 3. The Morgan fingerprint density at radius 1 is 1.42 bits per heavy atom. The highest BCUT2D eigenvalue weighted by Gasteiger charge is 2.29. The van der Waals surface area contributed by atoms with E-state index in [0.29, 0.717) is 17.8 Å². The van der Waals surface area contributed by atoms with Gasteiger partial charge in [0.2, 0.25) is 0 Å². The van der Waals surface area contributed by atoms with Crippen molar-refractivity contribution in [3.63, 3.8) is 0 Å². The lowest BCUT2D eigenvalue weighted by Gasteiger charge is -2.31. The van der Waals surface area contributed by atoms with Gasteiger partial charge in [-0.3, -0.25) is 0 Å². The fraction of sp³-hybridized carbons (Fsp3) is 0.625. The zero-order chi connectivity index (χ0) is 14.0. The number of nitrogens with one attached hydrogen (secondary N) is 1. The molecule has 0 saturated carbocycles. The Labute approximate surface area is 116 Å². The Hall–Kier alpha value is -1.22. The summed E-state index contributed by atoms with van der Waals surface area (Å²) < 4.78 is 0. The topological polar surface area (TPSA) is 35.5 Å². The average Bonchev–Trinajstić information content (AvgIpc) is 2.78. The Bertz CT molecular complexity index is 433. The predicted molar refractivity (Wildman–Crippen MR) is 80.8 cm³/mol. The van der Waals surface area contributed by atoms with E-state index in [1.54, 1.807) is 0 Å². The van der Waals surface area contributed by atoms with E-state index in [4.69, 9.17) is 0 Å². The largest absolute Gasteiger partial charge is 0.508 e. The lowest BCUT2D eigenvalue weighted by Crippen LogP contribution is -2.34. The minimum Gasteiger partial charge on any atom is -0.508 e. The van der Waals surface area contributed by atoms with Gasteiger partial charge in [-0.05, 0) is 46.2 Å². The van der Waals surface area contributed by atoms with E-state index in [9.17, 15) is 5.11 Å². The van der Waals surface area contributed by atoms with Crippen LogP contribution in [0.1, 0.15) is 51.6 Å². The van der Waals surface area contributed by atoms with E-state index in [1.807, 2.05) is 19.2 Å². The zero-order valence-corrected chi connectivity index (χ0v) is 12.5. The molecule has 0 bridgehead atoms. The Balaban J connectivity index is 2.28. The molecular formula is C16H26N2O. The third-order valence-electron chi connectivity index (χ3n) is 4.47. The van der Waals surface area contributed by atoms with Crippen LogP contribution in [0.4, 0.5) is 5.69 Å². The molecule has 1 saturated heterocycles. The molecule has 3 unspecified atom stereocenters. The SMILES string of the molecule is CCC1CCC(C)N1c1ccc(C(C)NC)c(O)c1. The van der Waals surface area contributed by atoms with Crippen LogP contribution < -0.4 is 10.2 Å². The van der Waals surface area contributed by atoms with Gasteiger partial charge < -0.3 is 15.3 Å². The lowest BCUT2D eigenvalue weighted by molar-refractivity contribution is 0.457. The van der Waals surface area contributed by atoms with Crippen LogP contribution in [-0.2, 0) is 0 Å². The van der Waals surface area contributed by atoms with Gasteiger partial charge in [-0.2, -0.15) is 0 Å². The van der Waals surface area contributed by atoms with Gasteiger partial charge in [0.05, 0.1) is 0 Å². The van der Waals surface area contributed by atoms with Crippen LogP contribution in [0.15, 0.2) is 18.2 Å². The van der Waals surface area contributed by atoms with Crippen molar-refractivity contribution in [2.45, 2.75) is 58.2 Å². The zero-order valence-electron chi connectivity index (χ0n) is 12.5. The molecular weight excluding hydrogens is 236 g/mol. The summed E-state index contributed by atoms with van der Waals surface area (Å²) in [6, 6.07) is 7.47. The summed E-state index contributed by atoms with van der Waals surface area (Å²) in [7, 11) is 1.91. The third kappa shape index (κ3) is 2.71. The first-order valence-electron chi connectivity index (χ1n) is 7.37. The van der Waals surface area contributed by atoms with E-state index >= 15 is 0 Å². The predicted octanol–water partition coefficient (Wildman–Crippen LogP) is 3.44. The molecule has 106 valence electrons. The fourth-order valence-corrected chi connectivity index (χ4v) is 3.15. The maximum Gasteiger partial charge on any atom is 0.122 e. The Morgan fingerprint density at radius 3 is 2.74 bits per heavy atom. The van der Waals surface area contributed by atoms with Crippen LogP contribution >= 0.6 is 0 Å². The van der Waals surface area contributed by atoms with Crippen LogP contribution in [0, 0.1) is 0 Å². The van der Waals surface area contributed by atoms with E-state index in [2.05, 4.69) is 37.1 Å². The number of phenolic OH excluding ortho intramolecular Hbond substituents is 1. The van der Waals surface area contributed by atoms with Gasteiger partial charge in [-0.15, -0.1) is 0 Å². The molecule has 1 fully saturated rings. The summed E-state index contributed by atoms with van der Waals surface area (Å²) in [6.07, 6.45) is 3.67. The Morgan fingerprint density at radius 2 is 2.16 bits per heavy atom. The summed E-state index contributed by atoms with van der Waals surface area (Å²) >= 11 is 0. The molecule has 1 aliphatic heterocycles. The highest BCUT2D eigenvalue weighted by atomic mass is 16.3. The number of aromatic hydroxyl groups is 1. The molecule has 2 N–H and O–H groups in total. The maximum atomic E-state index is 10.2. The number of nitrogens with zero attached hydrogens (tertiary/aromatic N) is 1. The molecule has 1 aromatic carbocycles. The van der Waals surface area contributed by atoms with Crippen molar-refractivity contribution in [3.05, 3.63) is 23.8 Å². The van der Waals surface area contributed by atoms with Gasteiger partial charge in [-0.1, -0.05) is 13.0 Å². The van der Waals surface area contributed by atoms with Crippen molar-refractivity contribution in [2.75, 3.05) is 11.9 Å². The summed E-state index contributed by atoms with van der Waals surface area (Å²) in [5, 5.41) is 13.4. The van der Waals surface area contributed by atoms with E-state index < -0.39 is 0 Å². The van der Waals surface area contributed by atoms with Gasteiger partial charge in [-0.25, -0.2) is 0 Å². The maximum absolute atomic E-state index is 10.2. The smallest absolute Gasteiger partial charge is 0.122 e. The highest BCUT2D eigenvalue weighted by Crippen LogP contribution is 2.35. The van der Waals surface area contributed by atoms with Gasteiger partial charge in [0.15, 0.2) is 0 Å². The van der Waals surface area contributed by atoms with Crippen molar-refractivity contribution < 1.29 is 5.11 Å². The molecule has 3 atom stereocenters. The minimum absolute atomic E-state index is 0.173. The van der Waals surface area contributed by atoms with Crippen LogP contribution in [0.5, 0.6) is 5.75 Å². The van der Waals surface area contributed by atoms with Crippen LogP contribution in [0.2, 0.25) is 0 Å². The van der Waals surface area contributed by atoms with Gasteiger partial charge in [0, 0.05) is 35.4 Å². The van der Waals surface area contributed by atoms with Crippen molar-refractivity contribution in [1.29, 1.82) is 0 Å². The summed E-state index contributed by atoms with van der Waals surface area (Å²) in [4.78, 5) is 2.47. The second kappa shape index (κ2) is 5.83. The quantitative estimate of drug-likeness (QED) is 0.872. The first-order chi connectivity index (χ1) is 9.08. The van der Waals surface area contributed by atoms with Crippen molar-refractivity contribution in [1.82, 2.24) is 5.32 Å².